The highest BCUT2D eigenvalue weighted by Gasteiger charge is 2.31. The first-order valence-electron chi connectivity index (χ1n) is 11.1. The fraction of sp³-hybridized carbons (Fsp3) is 0.417. The monoisotopic (exact) mass is 525 g/mol. The molecule has 184 valence electrons. The van der Waals surface area contributed by atoms with Crippen LogP contribution >= 0.6 is 23.2 Å². The minimum Gasteiger partial charge on any atom is -0.352 e. The third-order valence-corrected chi connectivity index (χ3v) is 7.72. The number of nitrogens with one attached hydrogen (secondary N) is 1. The van der Waals surface area contributed by atoms with E-state index in [2.05, 4.69) is 5.32 Å². The van der Waals surface area contributed by atoms with Gasteiger partial charge in [0.2, 0.25) is 21.8 Å². The Bertz CT molecular complexity index is 1120. The second kappa shape index (κ2) is 11.4. The number of halogens is 2. The molecule has 0 aromatic heterocycles. The number of benzene rings is 2. The van der Waals surface area contributed by atoms with E-state index in [0.29, 0.717) is 21.3 Å². The summed E-state index contributed by atoms with van der Waals surface area (Å²) in [5.41, 5.74) is 0.969. The number of amides is 2. The molecule has 1 aliphatic rings. The predicted octanol–water partition coefficient (Wildman–Crippen LogP) is 4.24. The minimum atomic E-state index is -3.79. The van der Waals surface area contributed by atoms with Gasteiger partial charge in [0.1, 0.15) is 12.6 Å². The largest absolute Gasteiger partial charge is 0.352 e. The lowest BCUT2D eigenvalue weighted by Crippen LogP contribution is -2.52. The zero-order chi connectivity index (χ0) is 24.9. The van der Waals surface area contributed by atoms with Crippen LogP contribution in [0.4, 0.5) is 5.69 Å². The SMILES string of the molecule is C[C@@H](C(=O)NC1CCCC1)N(Cc1ccccc1Cl)C(=O)CN(c1ccc(Cl)cc1)S(C)(=O)=O. The maximum atomic E-state index is 13.5. The Morgan fingerprint density at radius 1 is 1.06 bits per heavy atom. The molecule has 1 saturated carbocycles. The van der Waals surface area contributed by atoms with Crippen molar-refractivity contribution < 1.29 is 18.0 Å². The van der Waals surface area contributed by atoms with Gasteiger partial charge in [0.05, 0.1) is 11.9 Å². The molecule has 7 nitrogen and oxygen atoms in total. The van der Waals surface area contributed by atoms with Crippen molar-refractivity contribution in [2.24, 2.45) is 0 Å². The summed E-state index contributed by atoms with van der Waals surface area (Å²) in [7, 11) is -3.79. The second-order valence-electron chi connectivity index (χ2n) is 8.53. The summed E-state index contributed by atoms with van der Waals surface area (Å²) < 4.78 is 26.1. The van der Waals surface area contributed by atoms with Crippen LogP contribution in [-0.4, -0.2) is 50.0 Å². The number of anilines is 1. The van der Waals surface area contributed by atoms with Crippen molar-refractivity contribution in [3.8, 4) is 0 Å². The van der Waals surface area contributed by atoms with Crippen LogP contribution in [0.3, 0.4) is 0 Å². The molecule has 0 saturated heterocycles. The van der Waals surface area contributed by atoms with Crippen molar-refractivity contribution >= 4 is 50.7 Å². The van der Waals surface area contributed by atoms with E-state index in [1.165, 1.54) is 17.0 Å². The smallest absolute Gasteiger partial charge is 0.244 e. The van der Waals surface area contributed by atoms with Gasteiger partial charge in [0.15, 0.2) is 0 Å². The maximum Gasteiger partial charge on any atom is 0.244 e. The zero-order valence-electron chi connectivity index (χ0n) is 19.2. The molecule has 2 amide bonds. The first-order valence-corrected chi connectivity index (χ1v) is 13.7. The highest BCUT2D eigenvalue weighted by Crippen LogP contribution is 2.23. The molecule has 0 spiro atoms. The van der Waals surface area contributed by atoms with Crippen molar-refractivity contribution in [1.29, 1.82) is 0 Å². The van der Waals surface area contributed by atoms with E-state index in [9.17, 15) is 18.0 Å². The molecule has 2 aromatic carbocycles. The fourth-order valence-electron chi connectivity index (χ4n) is 4.01. The highest BCUT2D eigenvalue weighted by molar-refractivity contribution is 7.92. The molecule has 0 heterocycles. The van der Waals surface area contributed by atoms with E-state index in [1.807, 2.05) is 0 Å². The number of carbonyl (C=O) groups excluding carboxylic acids is 2. The van der Waals surface area contributed by atoms with Crippen LogP contribution in [0.2, 0.25) is 10.0 Å². The van der Waals surface area contributed by atoms with E-state index in [4.69, 9.17) is 23.2 Å². The van der Waals surface area contributed by atoms with Crippen molar-refractivity contribution in [3.63, 3.8) is 0 Å². The van der Waals surface area contributed by atoms with Crippen LogP contribution in [0.25, 0.3) is 0 Å². The Hall–Kier alpha value is -2.29. The van der Waals surface area contributed by atoms with Gasteiger partial charge >= 0.3 is 0 Å². The Morgan fingerprint density at radius 2 is 1.68 bits per heavy atom. The summed E-state index contributed by atoms with van der Waals surface area (Å²) in [4.78, 5) is 27.9. The molecule has 2 aromatic rings. The van der Waals surface area contributed by atoms with Crippen LogP contribution in [-0.2, 0) is 26.2 Å². The van der Waals surface area contributed by atoms with Gasteiger partial charge in [-0.1, -0.05) is 54.2 Å². The molecular formula is C24H29Cl2N3O4S. The Balaban J connectivity index is 1.88. The predicted molar refractivity (Wildman–Crippen MR) is 136 cm³/mol. The number of nitrogens with zero attached hydrogens (tertiary/aromatic N) is 2. The summed E-state index contributed by atoms with van der Waals surface area (Å²) in [5.74, 6) is -0.793. The quantitative estimate of drug-likeness (QED) is 0.530. The normalized spacial score (nSPS) is 15.1. The highest BCUT2D eigenvalue weighted by atomic mass is 35.5. The summed E-state index contributed by atoms with van der Waals surface area (Å²) >= 11 is 12.3. The van der Waals surface area contributed by atoms with E-state index in [0.717, 1.165) is 36.2 Å². The molecule has 10 heteroatoms. The molecule has 1 fully saturated rings. The molecule has 1 N–H and O–H groups in total. The number of rotatable bonds is 9. The van der Waals surface area contributed by atoms with Crippen molar-refractivity contribution in [3.05, 3.63) is 64.1 Å². The van der Waals surface area contributed by atoms with E-state index < -0.39 is 28.5 Å². The second-order valence-corrected chi connectivity index (χ2v) is 11.3. The lowest BCUT2D eigenvalue weighted by molar-refractivity contribution is -0.139. The molecule has 3 rings (SSSR count). The van der Waals surface area contributed by atoms with Gasteiger partial charge < -0.3 is 10.2 Å². The third kappa shape index (κ3) is 6.87. The lowest BCUT2D eigenvalue weighted by Gasteiger charge is -2.32. The Morgan fingerprint density at radius 3 is 2.26 bits per heavy atom. The van der Waals surface area contributed by atoms with E-state index >= 15 is 0 Å². The van der Waals surface area contributed by atoms with Gasteiger partial charge in [-0.3, -0.25) is 13.9 Å². The van der Waals surface area contributed by atoms with E-state index in [1.54, 1.807) is 43.3 Å². The Labute approximate surface area is 211 Å². The first-order chi connectivity index (χ1) is 16.1. The van der Waals surface area contributed by atoms with Gasteiger partial charge in [-0.15, -0.1) is 0 Å². The zero-order valence-corrected chi connectivity index (χ0v) is 21.5. The average molecular weight is 526 g/mol. The molecule has 0 radical (unpaired) electrons. The molecule has 0 bridgehead atoms. The maximum absolute atomic E-state index is 13.5. The van der Waals surface area contributed by atoms with Crippen molar-refractivity contribution in [2.45, 2.75) is 51.2 Å². The number of sulfonamides is 1. The van der Waals surface area contributed by atoms with E-state index in [-0.39, 0.29) is 18.5 Å². The van der Waals surface area contributed by atoms with Crippen molar-refractivity contribution in [1.82, 2.24) is 10.2 Å². The number of carbonyl (C=O) groups is 2. The van der Waals surface area contributed by atoms with Crippen LogP contribution in [0, 0.1) is 0 Å². The van der Waals surface area contributed by atoms with Crippen LogP contribution in [0.5, 0.6) is 0 Å². The van der Waals surface area contributed by atoms with Crippen molar-refractivity contribution in [2.75, 3.05) is 17.1 Å². The lowest BCUT2D eigenvalue weighted by atomic mass is 10.1. The summed E-state index contributed by atoms with van der Waals surface area (Å²) in [5, 5.41) is 3.93. The van der Waals surface area contributed by atoms with Gasteiger partial charge in [0.25, 0.3) is 0 Å². The van der Waals surface area contributed by atoms with Crippen LogP contribution in [0.15, 0.2) is 48.5 Å². The number of hydrogen-bond acceptors (Lipinski definition) is 4. The Kier molecular flexibility index (Phi) is 8.84. The van der Waals surface area contributed by atoms with Gasteiger partial charge in [-0.25, -0.2) is 8.42 Å². The van der Waals surface area contributed by atoms with Gasteiger partial charge in [0, 0.05) is 22.6 Å². The van der Waals surface area contributed by atoms with Gasteiger partial charge in [-0.2, -0.15) is 0 Å². The van der Waals surface area contributed by atoms with Gasteiger partial charge in [-0.05, 0) is 55.7 Å². The third-order valence-electron chi connectivity index (χ3n) is 5.96. The molecule has 1 aliphatic carbocycles. The fourth-order valence-corrected chi connectivity index (χ4v) is 5.18. The summed E-state index contributed by atoms with van der Waals surface area (Å²) in [6, 6.07) is 12.5. The van der Waals surface area contributed by atoms with Crippen LogP contribution in [0.1, 0.15) is 38.2 Å². The molecule has 0 aliphatic heterocycles. The van der Waals surface area contributed by atoms with Crippen LogP contribution < -0.4 is 9.62 Å². The molecule has 1 atom stereocenters. The number of hydrogen-bond donors (Lipinski definition) is 1. The topological polar surface area (TPSA) is 86.8 Å². The molecule has 34 heavy (non-hydrogen) atoms. The molecule has 0 unspecified atom stereocenters. The molecular weight excluding hydrogens is 497 g/mol. The summed E-state index contributed by atoms with van der Waals surface area (Å²) in [6.07, 6.45) is 4.98. The average Bonchev–Trinajstić information content (AvgIpc) is 3.29. The minimum absolute atomic E-state index is 0.0655. The first kappa shape index (κ1) is 26.3. The standard InChI is InChI=1S/C24H29Cl2N3O4S/c1-17(24(31)27-20-8-4-5-9-20)28(15-18-7-3-6-10-22(18)26)23(30)16-29(34(2,32)33)21-13-11-19(25)12-14-21/h3,6-7,10-14,17,20H,4-5,8-9,15-16H2,1-2H3,(H,27,31)/t17-/m0/s1. The summed E-state index contributed by atoms with van der Waals surface area (Å²) in [6.45, 7) is 1.24.